The fourth-order valence-corrected chi connectivity index (χ4v) is 1.55. The second-order valence-corrected chi connectivity index (χ2v) is 3.17. The normalized spacial score (nSPS) is 27.8. The molecule has 4 heteroatoms. The van der Waals surface area contributed by atoms with Gasteiger partial charge in [-0.15, -0.1) is 0 Å². The molecule has 4 nitrogen and oxygen atoms in total. The minimum Gasteiger partial charge on any atom is -0.366 e. The highest BCUT2D eigenvalue weighted by Crippen LogP contribution is 2.29. The third-order valence-electron chi connectivity index (χ3n) is 2.24. The summed E-state index contributed by atoms with van der Waals surface area (Å²) in [5, 5.41) is 0. The van der Waals surface area contributed by atoms with Gasteiger partial charge < -0.3 is 10.5 Å². The molecule has 1 aliphatic heterocycles. The van der Waals surface area contributed by atoms with Crippen LogP contribution in [0.25, 0.3) is 0 Å². The molecule has 2 rings (SSSR count). The van der Waals surface area contributed by atoms with E-state index in [4.69, 9.17) is 10.5 Å². The van der Waals surface area contributed by atoms with E-state index in [-0.39, 0.29) is 12.2 Å². The Morgan fingerprint density at radius 1 is 1.38 bits per heavy atom. The number of nitrogens with two attached hydrogens (primary N) is 1. The maximum absolute atomic E-state index is 5.65. The predicted octanol–water partition coefficient (Wildman–Crippen LogP) is 0.655. The second-order valence-electron chi connectivity index (χ2n) is 3.17. The molecule has 1 aromatic rings. The van der Waals surface area contributed by atoms with Crippen LogP contribution in [0, 0.1) is 0 Å². The molecule has 0 aliphatic carbocycles. The topological polar surface area (TPSA) is 61.0 Å². The number of hydrogen-bond acceptors (Lipinski definition) is 4. The Labute approximate surface area is 77.1 Å². The van der Waals surface area contributed by atoms with Gasteiger partial charge in [-0.05, 0) is 18.9 Å². The van der Waals surface area contributed by atoms with Gasteiger partial charge in [-0.3, -0.25) is 0 Å². The highest BCUT2D eigenvalue weighted by atomic mass is 16.5. The van der Waals surface area contributed by atoms with Crippen LogP contribution < -0.4 is 5.73 Å². The van der Waals surface area contributed by atoms with E-state index in [2.05, 4.69) is 9.97 Å². The zero-order valence-corrected chi connectivity index (χ0v) is 7.39. The summed E-state index contributed by atoms with van der Waals surface area (Å²) in [6.07, 6.45) is 5.71. The third-order valence-corrected chi connectivity index (χ3v) is 2.24. The van der Waals surface area contributed by atoms with Gasteiger partial charge in [0.1, 0.15) is 6.10 Å². The molecule has 1 fully saturated rings. The van der Waals surface area contributed by atoms with Crippen molar-refractivity contribution in [3.63, 3.8) is 0 Å². The van der Waals surface area contributed by atoms with Crippen molar-refractivity contribution < 1.29 is 4.74 Å². The van der Waals surface area contributed by atoms with E-state index in [0.717, 1.165) is 18.7 Å². The molecular weight excluding hydrogens is 166 g/mol. The molecule has 70 valence electrons. The molecule has 2 heterocycles. The summed E-state index contributed by atoms with van der Waals surface area (Å²) in [6, 6.07) is 1.80. The first-order valence-electron chi connectivity index (χ1n) is 4.52. The molecule has 0 saturated carbocycles. The first kappa shape index (κ1) is 8.59. The van der Waals surface area contributed by atoms with Crippen molar-refractivity contribution in [2.24, 2.45) is 5.73 Å². The molecular formula is C9H13N3O. The summed E-state index contributed by atoms with van der Waals surface area (Å²) < 4.78 is 5.65. The van der Waals surface area contributed by atoms with Crippen molar-refractivity contribution in [1.82, 2.24) is 9.97 Å². The van der Waals surface area contributed by atoms with E-state index in [1.165, 1.54) is 0 Å². The monoisotopic (exact) mass is 179 g/mol. The Morgan fingerprint density at radius 3 is 2.77 bits per heavy atom. The van der Waals surface area contributed by atoms with E-state index in [1.54, 1.807) is 18.5 Å². The van der Waals surface area contributed by atoms with Gasteiger partial charge in [0.2, 0.25) is 0 Å². The van der Waals surface area contributed by atoms with Crippen LogP contribution in [0.3, 0.4) is 0 Å². The van der Waals surface area contributed by atoms with Crippen molar-refractivity contribution in [2.45, 2.75) is 25.0 Å². The molecule has 0 radical (unpaired) electrons. The molecule has 0 spiro atoms. The summed E-state index contributed by atoms with van der Waals surface area (Å²) in [5.74, 6) is 0.776. The van der Waals surface area contributed by atoms with Gasteiger partial charge in [0.25, 0.3) is 0 Å². The van der Waals surface area contributed by atoms with E-state index < -0.39 is 0 Å². The maximum Gasteiger partial charge on any atom is 0.157 e. The smallest absolute Gasteiger partial charge is 0.157 e. The molecule has 0 amide bonds. The van der Waals surface area contributed by atoms with Gasteiger partial charge >= 0.3 is 0 Å². The zero-order valence-electron chi connectivity index (χ0n) is 7.39. The molecule has 13 heavy (non-hydrogen) atoms. The molecule has 1 saturated heterocycles. The van der Waals surface area contributed by atoms with Crippen LogP contribution in [0.4, 0.5) is 0 Å². The number of aromatic nitrogens is 2. The Bertz CT molecular complexity index is 265. The maximum atomic E-state index is 5.65. The average Bonchev–Trinajstić information content (AvgIpc) is 2.67. The highest BCUT2D eigenvalue weighted by Gasteiger charge is 2.26. The SMILES string of the molecule is NCC1CCC(c2ncccn2)O1. The Balaban J connectivity index is 2.04. The quantitative estimate of drug-likeness (QED) is 0.724. The molecule has 1 aliphatic rings. The molecule has 0 bridgehead atoms. The van der Waals surface area contributed by atoms with Crippen LogP contribution in [0.5, 0.6) is 0 Å². The van der Waals surface area contributed by atoms with Gasteiger partial charge in [-0.1, -0.05) is 0 Å². The third kappa shape index (κ3) is 1.84. The summed E-state index contributed by atoms with van der Waals surface area (Å²) in [6.45, 7) is 0.587. The van der Waals surface area contributed by atoms with Gasteiger partial charge in [0.05, 0.1) is 6.10 Å². The molecule has 0 aromatic carbocycles. The van der Waals surface area contributed by atoms with E-state index >= 15 is 0 Å². The lowest BCUT2D eigenvalue weighted by Crippen LogP contribution is -2.19. The molecule has 2 N–H and O–H groups in total. The van der Waals surface area contributed by atoms with Crippen LogP contribution >= 0.6 is 0 Å². The van der Waals surface area contributed by atoms with Crippen molar-refractivity contribution in [3.05, 3.63) is 24.3 Å². The Morgan fingerprint density at radius 2 is 2.15 bits per heavy atom. The van der Waals surface area contributed by atoms with E-state index in [1.807, 2.05) is 0 Å². The van der Waals surface area contributed by atoms with Crippen molar-refractivity contribution in [3.8, 4) is 0 Å². The summed E-state index contributed by atoms with van der Waals surface area (Å²) >= 11 is 0. The fraction of sp³-hybridized carbons (Fsp3) is 0.556. The average molecular weight is 179 g/mol. The highest BCUT2D eigenvalue weighted by molar-refractivity contribution is 4.95. The number of hydrogen-bond donors (Lipinski definition) is 1. The standard InChI is InChI=1S/C9H13N3O/c10-6-7-2-3-8(13-7)9-11-4-1-5-12-9/h1,4-5,7-8H,2-3,6,10H2. The molecule has 1 aromatic heterocycles. The van der Waals surface area contributed by atoms with E-state index in [0.29, 0.717) is 6.54 Å². The van der Waals surface area contributed by atoms with Crippen LogP contribution in [0.1, 0.15) is 24.8 Å². The minimum atomic E-state index is 0.0507. The number of rotatable bonds is 2. The van der Waals surface area contributed by atoms with E-state index in [9.17, 15) is 0 Å². The summed E-state index contributed by atoms with van der Waals surface area (Å²) in [5.41, 5.74) is 5.51. The van der Waals surface area contributed by atoms with Crippen molar-refractivity contribution in [1.29, 1.82) is 0 Å². The first-order valence-corrected chi connectivity index (χ1v) is 4.52. The Kier molecular flexibility index (Phi) is 2.52. The number of ether oxygens (including phenoxy) is 1. The van der Waals surface area contributed by atoms with Crippen LogP contribution in [-0.2, 0) is 4.74 Å². The Hall–Kier alpha value is -1.00. The molecule has 2 unspecified atom stereocenters. The lowest BCUT2D eigenvalue weighted by molar-refractivity contribution is 0.0447. The predicted molar refractivity (Wildman–Crippen MR) is 47.9 cm³/mol. The summed E-state index contributed by atoms with van der Waals surface area (Å²) in [4.78, 5) is 8.31. The lowest BCUT2D eigenvalue weighted by atomic mass is 10.2. The van der Waals surface area contributed by atoms with Crippen LogP contribution in [0.15, 0.2) is 18.5 Å². The largest absolute Gasteiger partial charge is 0.366 e. The minimum absolute atomic E-state index is 0.0507. The zero-order chi connectivity index (χ0) is 9.10. The van der Waals surface area contributed by atoms with Gasteiger partial charge in [-0.2, -0.15) is 0 Å². The van der Waals surface area contributed by atoms with Gasteiger partial charge in [0, 0.05) is 18.9 Å². The lowest BCUT2D eigenvalue weighted by Gasteiger charge is -2.09. The van der Waals surface area contributed by atoms with Gasteiger partial charge in [0.15, 0.2) is 5.82 Å². The van der Waals surface area contributed by atoms with Crippen molar-refractivity contribution >= 4 is 0 Å². The second kappa shape index (κ2) is 3.81. The summed E-state index contributed by atoms with van der Waals surface area (Å²) in [7, 11) is 0. The fourth-order valence-electron chi connectivity index (χ4n) is 1.55. The van der Waals surface area contributed by atoms with Crippen LogP contribution in [-0.4, -0.2) is 22.6 Å². The van der Waals surface area contributed by atoms with Crippen molar-refractivity contribution in [2.75, 3.05) is 6.54 Å². The van der Waals surface area contributed by atoms with Crippen LogP contribution in [0.2, 0.25) is 0 Å². The first-order chi connectivity index (χ1) is 6.40. The van der Waals surface area contributed by atoms with Gasteiger partial charge in [-0.25, -0.2) is 9.97 Å². The number of nitrogens with zero attached hydrogens (tertiary/aromatic N) is 2. The molecule has 2 atom stereocenters.